The van der Waals surface area contributed by atoms with E-state index in [4.69, 9.17) is 5.26 Å². The second-order valence-electron chi connectivity index (χ2n) is 4.71. The molecule has 0 saturated heterocycles. The number of nitriles is 1. The lowest BCUT2D eigenvalue weighted by Crippen LogP contribution is -2.12. The standard InChI is InChI=1S/C17H12N4OS/c1-23-17-19-8-7-14(20-17)13-9-12(10-18)16(22)21-15(13)11-5-3-2-4-6-11/h2-9H,1H3,(H,21,22). The fraction of sp³-hybridized carbons (Fsp3) is 0.0588. The smallest absolute Gasteiger partial charge is 0.266 e. The Morgan fingerprint density at radius 1 is 1.22 bits per heavy atom. The molecule has 23 heavy (non-hydrogen) atoms. The third-order valence-electron chi connectivity index (χ3n) is 3.32. The van der Waals surface area contributed by atoms with Crippen molar-refractivity contribution in [1.29, 1.82) is 5.26 Å². The molecule has 0 amide bonds. The minimum Gasteiger partial charge on any atom is -0.320 e. The Hall–Kier alpha value is -2.91. The van der Waals surface area contributed by atoms with Gasteiger partial charge in [-0.05, 0) is 24.0 Å². The zero-order chi connectivity index (χ0) is 16.2. The Morgan fingerprint density at radius 2 is 2.00 bits per heavy atom. The zero-order valence-corrected chi connectivity index (χ0v) is 13.1. The van der Waals surface area contributed by atoms with E-state index in [9.17, 15) is 4.79 Å². The van der Waals surface area contributed by atoms with Crippen LogP contribution in [0, 0.1) is 11.3 Å². The molecule has 6 heteroatoms. The predicted octanol–water partition coefficient (Wildman–Crippen LogP) is 3.09. The first kappa shape index (κ1) is 15.0. The molecule has 3 rings (SSSR count). The number of hydrogen-bond donors (Lipinski definition) is 1. The summed E-state index contributed by atoms with van der Waals surface area (Å²) in [6.45, 7) is 0. The van der Waals surface area contributed by atoms with Crippen LogP contribution in [-0.2, 0) is 0 Å². The molecule has 5 nitrogen and oxygen atoms in total. The van der Waals surface area contributed by atoms with Crippen molar-refractivity contribution in [1.82, 2.24) is 15.0 Å². The summed E-state index contributed by atoms with van der Waals surface area (Å²) in [6.07, 6.45) is 3.56. The van der Waals surface area contributed by atoms with Crippen molar-refractivity contribution in [3.05, 3.63) is 64.6 Å². The second-order valence-corrected chi connectivity index (χ2v) is 5.48. The van der Waals surface area contributed by atoms with Crippen molar-refractivity contribution in [3.63, 3.8) is 0 Å². The van der Waals surface area contributed by atoms with E-state index in [1.165, 1.54) is 11.8 Å². The van der Waals surface area contributed by atoms with Crippen LogP contribution < -0.4 is 5.56 Å². The van der Waals surface area contributed by atoms with Gasteiger partial charge in [0.05, 0.1) is 11.4 Å². The molecule has 3 aromatic rings. The number of thioether (sulfide) groups is 1. The SMILES string of the molecule is CSc1nccc(-c2cc(C#N)c(=O)[nH]c2-c2ccccc2)n1. The van der Waals surface area contributed by atoms with Crippen LogP contribution in [0.1, 0.15) is 5.56 Å². The van der Waals surface area contributed by atoms with E-state index < -0.39 is 5.56 Å². The third-order valence-corrected chi connectivity index (χ3v) is 3.88. The molecule has 2 heterocycles. The van der Waals surface area contributed by atoms with Crippen molar-refractivity contribution in [2.45, 2.75) is 5.16 Å². The van der Waals surface area contributed by atoms with Gasteiger partial charge in [0.2, 0.25) is 0 Å². The summed E-state index contributed by atoms with van der Waals surface area (Å²) in [6, 6.07) is 14.8. The molecule has 1 N–H and O–H groups in total. The van der Waals surface area contributed by atoms with Crippen molar-refractivity contribution < 1.29 is 0 Å². The van der Waals surface area contributed by atoms with Crippen LogP contribution in [-0.4, -0.2) is 21.2 Å². The minimum atomic E-state index is -0.408. The van der Waals surface area contributed by atoms with Gasteiger partial charge in [0.1, 0.15) is 11.6 Å². The van der Waals surface area contributed by atoms with E-state index in [1.54, 1.807) is 18.3 Å². The number of rotatable bonds is 3. The normalized spacial score (nSPS) is 10.3. The number of aromatic amines is 1. The average molecular weight is 320 g/mol. The number of pyridine rings is 1. The average Bonchev–Trinajstić information content (AvgIpc) is 2.62. The molecule has 0 aliphatic rings. The maximum absolute atomic E-state index is 12.0. The molecular weight excluding hydrogens is 308 g/mol. The largest absolute Gasteiger partial charge is 0.320 e. The van der Waals surface area contributed by atoms with Gasteiger partial charge in [0, 0.05) is 11.8 Å². The molecule has 0 aliphatic carbocycles. The molecule has 0 atom stereocenters. The number of aromatic nitrogens is 3. The van der Waals surface area contributed by atoms with Gasteiger partial charge in [0.15, 0.2) is 5.16 Å². The number of nitrogens with zero attached hydrogens (tertiary/aromatic N) is 3. The van der Waals surface area contributed by atoms with Gasteiger partial charge in [-0.3, -0.25) is 4.79 Å². The zero-order valence-electron chi connectivity index (χ0n) is 12.3. The summed E-state index contributed by atoms with van der Waals surface area (Å²) >= 11 is 1.43. The highest BCUT2D eigenvalue weighted by Crippen LogP contribution is 2.29. The lowest BCUT2D eigenvalue weighted by atomic mass is 10.0. The predicted molar refractivity (Wildman–Crippen MR) is 90.0 cm³/mol. The van der Waals surface area contributed by atoms with Gasteiger partial charge in [-0.25, -0.2) is 9.97 Å². The van der Waals surface area contributed by atoms with Crippen molar-refractivity contribution in [2.75, 3.05) is 6.26 Å². The monoisotopic (exact) mass is 320 g/mol. The summed E-state index contributed by atoms with van der Waals surface area (Å²) in [5.41, 5.74) is 2.51. The first-order valence-electron chi connectivity index (χ1n) is 6.83. The molecule has 0 fully saturated rings. The van der Waals surface area contributed by atoms with E-state index in [2.05, 4.69) is 15.0 Å². The quantitative estimate of drug-likeness (QED) is 0.592. The van der Waals surface area contributed by atoms with E-state index in [0.29, 0.717) is 22.1 Å². The summed E-state index contributed by atoms with van der Waals surface area (Å²) in [5.74, 6) is 0. The number of benzene rings is 1. The molecule has 0 saturated carbocycles. The first-order valence-corrected chi connectivity index (χ1v) is 8.05. The van der Waals surface area contributed by atoms with Crippen molar-refractivity contribution in [2.24, 2.45) is 0 Å². The van der Waals surface area contributed by atoms with Gasteiger partial charge in [0.25, 0.3) is 5.56 Å². The molecule has 1 aromatic carbocycles. The molecule has 0 aliphatic heterocycles. The maximum atomic E-state index is 12.0. The van der Waals surface area contributed by atoms with Crippen LogP contribution in [0.3, 0.4) is 0 Å². The Balaban J connectivity index is 2.29. The van der Waals surface area contributed by atoms with Gasteiger partial charge in [-0.1, -0.05) is 42.1 Å². The molecule has 112 valence electrons. The van der Waals surface area contributed by atoms with Crippen LogP contribution in [0.25, 0.3) is 22.5 Å². The van der Waals surface area contributed by atoms with Gasteiger partial charge in [-0.15, -0.1) is 0 Å². The highest BCUT2D eigenvalue weighted by Gasteiger charge is 2.13. The molecule has 0 spiro atoms. The first-order chi connectivity index (χ1) is 11.2. The summed E-state index contributed by atoms with van der Waals surface area (Å²) in [7, 11) is 0. The van der Waals surface area contributed by atoms with E-state index in [-0.39, 0.29) is 5.56 Å². The third kappa shape index (κ3) is 3.00. The van der Waals surface area contributed by atoms with Crippen LogP contribution in [0.4, 0.5) is 0 Å². The van der Waals surface area contributed by atoms with E-state index in [1.807, 2.05) is 42.7 Å². The molecule has 0 bridgehead atoms. The number of hydrogen-bond acceptors (Lipinski definition) is 5. The Kier molecular flexibility index (Phi) is 4.22. The summed E-state index contributed by atoms with van der Waals surface area (Å²) < 4.78 is 0. The van der Waals surface area contributed by atoms with E-state index >= 15 is 0 Å². The van der Waals surface area contributed by atoms with Crippen LogP contribution in [0.2, 0.25) is 0 Å². The fourth-order valence-electron chi connectivity index (χ4n) is 2.24. The summed E-state index contributed by atoms with van der Waals surface area (Å²) in [4.78, 5) is 23.5. The van der Waals surface area contributed by atoms with Gasteiger partial charge < -0.3 is 4.98 Å². The van der Waals surface area contributed by atoms with Gasteiger partial charge >= 0.3 is 0 Å². The van der Waals surface area contributed by atoms with Crippen LogP contribution >= 0.6 is 11.8 Å². The highest BCUT2D eigenvalue weighted by molar-refractivity contribution is 7.98. The minimum absolute atomic E-state index is 0.0593. The molecule has 0 unspecified atom stereocenters. The van der Waals surface area contributed by atoms with Crippen LogP contribution in [0.5, 0.6) is 0 Å². The summed E-state index contributed by atoms with van der Waals surface area (Å²) in [5, 5.41) is 9.78. The van der Waals surface area contributed by atoms with E-state index in [0.717, 1.165) is 5.56 Å². The second kappa shape index (κ2) is 6.46. The number of nitrogens with one attached hydrogen (secondary N) is 1. The Morgan fingerprint density at radius 3 is 2.70 bits per heavy atom. The Bertz CT molecular complexity index is 945. The molecule has 2 aromatic heterocycles. The number of H-pyrrole nitrogens is 1. The lowest BCUT2D eigenvalue weighted by Gasteiger charge is -2.10. The highest BCUT2D eigenvalue weighted by atomic mass is 32.2. The topological polar surface area (TPSA) is 82.4 Å². The lowest BCUT2D eigenvalue weighted by molar-refractivity contribution is 0.975. The van der Waals surface area contributed by atoms with Crippen molar-refractivity contribution in [3.8, 4) is 28.6 Å². The molecule has 0 radical (unpaired) electrons. The fourth-order valence-corrected chi connectivity index (χ4v) is 2.59. The molecular formula is C17H12N4OS. The van der Waals surface area contributed by atoms with Crippen LogP contribution in [0.15, 0.2) is 58.6 Å². The Labute approximate surface area is 137 Å². The van der Waals surface area contributed by atoms with Crippen molar-refractivity contribution >= 4 is 11.8 Å². The maximum Gasteiger partial charge on any atom is 0.266 e. The van der Waals surface area contributed by atoms with Gasteiger partial charge in [-0.2, -0.15) is 5.26 Å².